The Morgan fingerprint density at radius 1 is 0.892 bits per heavy atom. The van der Waals surface area contributed by atoms with Crippen LogP contribution in [0.25, 0.3) is 15.4 Å². The third kappa shape index (κ3) is 5.32. The van der Waals surface area contributed by atoms with Crippen LogP contribution in [0.4, 0.5) is 30.2 Å². The van der Waals surface area contributed by atoms with Gasteiger partial charge in [0.05, 0.1) is 28.6 Å². The summed E-state index contributed by atoms with van der Waals surface area (Å²) in [5.74, 6) is -2.27. The standard InChI is InChI=1S/C29H16F3N5/c1-18-10-21(30)14-25(11-18)37(26-15-22(31)13-23(32)16-26)29-12-20(6-9-28(29)36-35-3)27(17-33)19-4-7-24(34-2)8-5-19/h4-16H,1H3/b27-20+,36-28+. The van der Waals surface area contributed by atoms with E-state index in [4.69, 9.17) is 13.1 Å². The Hall–Kier alpha value is -5.39. The second-order valence-corrected chi connectivity index (χ2v) is 8.00. The van der Waals surface area contributed by atoms with Crippen LogP contribution in [0.5, 0.6) is 0 Å². The van der Waals surface area contributed by atoms with Crippen LogP contribution >= 0.6 is 0 Å². The smallest absolute Gasteiger partial charge is 0.187 e. The predicted molar refractivity (Wildman–Crippen MR) is 136 cm³/mol. The molecular weight excluding hydrogens is 475 g/mol. The molecule has 0 unspecified atom stereocenters. The van der Waals surface area contributed by atoms with Crippen LogP contribution in [-0.4, -0.2) is 5.71 Å². The molecule has 0 aromatic heterocycles. The van der Waals surface area contributed by atoms with Gasteiger partial charge in [-0.05, 0) is 66.1 Å². The van der Waals surface area contributed by atoms with Gasteiger partial charge >= 0.3 is 0 Å². The molecule has 1 aliphatic rings. The number of anilines is 2. The van der Waals surface area contributed by atoms with Crippen molar-refractivity contribution in [2.45, 2.75) is 6.92 Å². The molecule has 0 amide bonds. The van der Waals surface area contributed by atoms with Crippen LogP contribution in [0.15, 0.2) is 95.3 Å². The third-order valence-electron chi connectivity index (χ3n) is 5.45. The van der Waals surface area contributed by atoms with E-state index in [9.17, 15) is 18.4 Å². The Kier molecular flexibility index (Phi) is 7.00. The first kappa shape index (κ1) is 24.7. The Balaban J connectivity index is 2.01. The molecule has 178 valence electrons. The lowest BCUT2D eigenvalue weighted by atomic mass is 9.95. The molecule has 0 heterocycles. The predicted octanol–water partition coefficient (Wildman–Crippen LogP) is 7.81. The lowest BCUT2D eigenvalue weighted by Crippen LogP contribution is -2.24. The van der Waals surface area contributed by atoms with Crippen LogP contribution in [-0.2, 0) is 0 Å². The van der Waals surface area contributed by atoms with E-state index in [1.54, 1.807) is 49.4 Å². The van der Waals surface area contributed by atoms with Gasteiger partial charge in [-0.1, -0.05) is 30.3 Å². The summed E-state index contributed by atoms with van der Waals surface area (Å²) in [6.07, 6.45) is 4.65. The molecule has 37 heavy (non-hydrogen) atoms. The molecule has 4 rings (SSSR count). The van der Waals surface area contributed by atoms with E-state index < -0.39 is 17.5 Å². The molecule has 0 spiro atoms. The summed E-state index contributed by atoms with van der Waals surface area (Å²) >= 11 is 0. The maximum Gasteiger partial charge on any atom is 0.187 e. The molecular formula is C29H16F3N5. The lowest BCUT2D eigenvalue weighted by molar-refractivity contribution is 0.583. The van der Waals surface area contributed by atoms with E-state index >= 15 is 0 Å². The van der Waals surface area contributed by atoms with Gasteiger partial charge in [-0.15, -0.1) is 4.95 Å². The van der Waals surface area contributed by atoms with E-state index in [1.807, 2.05) is 0 Å². The monoisotopic (exact) mass is 491 g/mol. The highest BCUT2D eigenvalue weighted by Crippen LogP contribution is 2.36. The van der Waals surface area contributed by atoms with E-state index in [2.05, 4.69) is 21.0 Å². The highest BCUT2D eigenvalue weighted by atomic mass is 19.1. The van der Waals surface area contributed by atoms with Crippen LogP contribution in [0.1, 0.15) is 11.1 Å². The first-order valence-electron chi connectivity index (χ1n) is 10.8. The Bertz CT molecular complexity index is 1550. The zero-order valence-corrected chi connectivity index (χ0v) is 19.4. The summed E-state index contributed by atoms with van der Waals surface area (Å²) in [5, 5.41) is 13.8. The van der Waals surface area contributed by atoms with Gasteiger partial charge < -0.3 is 4.90 Å². The fourth-order valence-corrected chi connectivity index (χ4v) is 3.94. The lowest BCUT2D eigenvalue weighted by Gasteiger charge is -2.29. The molecule has 0 saturated heterocycles. The minimum atomic E-state index is -0.850. The second-order valence-electron chi connectivity index (χ2n) is 8.00. The number of allylic oxidation sites excluding steroid dienone is 5. The maximum atomic E-state index is 14.5. The first-order valence-corrected chi connectivity index (χ1v) is 10.8. The van der Waals surface area contributed by atoms with Crippen molar-refractivity contribution in [2.75, 3.05) is 4.90 Å². The number of halogens is 3. The Morgan fingerprint density at radius 2 is 1.51 bits per heavy atom. The van der Waals surface area contributed by atoms with Crippen molar-refractivity contribution in [1.82, 2.24) is 0 Å². The normalized spacial score (nSPS) is 14.8. The summed E-state index contributed by atoms with van der Waals surface area (Å²) in [7, 11) is 0. The van der Waals surface area contributed by atoms with Crippen molar-refractivity contribution in [3.63, 3.8) is 0 Å². The Morgan fingerprint density at radius 3 is 2.08 bits per heavy atom. The van der Waals surface area contributed by atoms with Crippen molar-refractivity contribution in [2.24, 2.45) is 5.10 Å². The quantitative estimate of drug-likeness (QED) is 0.212. The van der Waals surface area contributed by atoms with Crippen molar-refractivity contribution < 1.29 is 13.2 Å². The highest BCUT2D eigenvalue weighted by Gasteiger charge is 2.25. The minimum Gasteiger partial charge on any atom is -0.308 e. The molecule has 0 fully saturated rings. The van der Waals surface area contributed by atoms with Gasteiger partial charge in [0.2, 0.25) is 0 Å². The summed E-state index contributed by atoms with van der Waals surface area (Å²) in [5.41, 5.74) is 2.80. The largest absolute Gasteiger partial charge is 0.308 e. The molecule has 0 atom stereocenters. The molecule has 0 aliphatic heterocycles. The van der Waals surface area contributed by atoms with Crippen molar-refractivity contribution >= 4 is 28.3 Å². The molecule has 3 aromatic carbocycles. The molecule has 8 heteroatoms. The highest BCUT2D eigenvalue weighted by molar-refractivity contribution is 6.14. The summed E-state index contributed by atoms with van der Waals surface area (Å²) in [6, 6.07) is 15.6. The van der Waals surface area contributed by atoms with Crippen molar-refractivity contribution in [3.05, 3.63) is 142 Å². The van der Waals surface area contributed by atoms with E-state index in [0.29, 0.717) is 28.5 Å². The van der Waals surface area contributed by atoms with Crippen LogP contribution in [0.3, 0.4) is 0 Å². The fraction of sp³-hybridized carbons (Fsp3) is 0.0345. The van der Waals surface area contributed by atoms with E-state index in [-0.39, 0.29) is 28.4 Å². The number of rotatable bonds is 4. The molecule has 0 saturated carbocycles. The first-order chi connectivity index (χ1) is 17.8. The summed E-state index contributed by atoms with van der Waals surface area (Å²) in [6.45, 7) is 16.0. The molecule has 0 N–H and O–H groups in total. The number of aryl methyl sites for hydroxylation is 1. The number of hydrogen-bond acceptors (Lipinski definition) is 3. The third-order valence-corrected chi connectivity index (χ3v) is 5.45. The second kappa shape index (κ2) is 10.5. The number of hydrogen-bond donors (Lipinski definition) is 0. The van der Waals surface area contributed by atoms with Crippen molar-refractivity contribution in [1.29, 1.82) is 5.26 Å². The topological polar surface area (TPSA) is 48.1 Å². The average Bonchev–Trinajstić information content (AvgIpc) is 2.85. The number of nitrogens with zero attached hydrogens (tertiary/aromatic N) is 5. The number of benzene rings is 3. The molecule has 0 radical (unpaired) electrons. The van der Waals surface area contributed by atoms with E-state index in [0.717, 1.165) is 12.1 Å². The van der Waals surface area contributed by atoms with Gasteiger partial charge in [0, 0.05) is 11.8 Å². The molecule has 3 aromatic rings. The SMILES string of the molecule is [C-]#[N+]/N=C1C=C/C(=C(/C#N)c2ccc([N+]#[C-])cc2)C=C\1N(c1cc(C)cc(F)c1)c1cc(F)cc(F)c1. The zero-order chi connectivity index (χ0) is 26.5. The zero-order valence-electron chi connectivity index (χ0n) is 19.4. The summed E-state index contributed by atoms with van der Waals surface area (Å²) in [4.78, 5) is 7.84. The fourth-order valence-electron chi connectivity index (χ4n) is 3.94. The molecule has 5 nitrogen and oxygen atoms in total. The van der Waals surface area contributed by atoms with Gasteiger partial charge in [-0.2, -0.15) is 11.8 Å². The minimum absolute atomic E-state index is 0.0287. The molecule has 1 aliphatic carbocycles. The van der Waals surface area contributed by atoms with Gasteiger partial charge in [0.1, 0.15) is 23.5 Å². The maximum absolute atomic E-state index is 14.5. The summed E-state index contributed by atoms with van der Waals surface area (Å²) < 4.78 is 43.0. The number of nitriles is 1. The van der Waals surface area contributed by atoms with Gasteiger partial charge in [0.15, 0.2) is 11.4 Å². The van der Waals surface area contributed by atoms with Crippen LogP contribution < -0.4 is 4.90 Å². The Labute approximate surface area is 211 Å². The van der Waals surface area contributed by atoms with Crippen molar-refractivity contribution in [3.8, 4) is 6.07 Å². The van der Waals surface area contributed by atoms with Crippen LogP contribution in [0.2, 0.25) is 0 Å². The van der Waals surface area contributed by atoms with Gasteiger partial charge in [0.25, 0.3) is 0 Å². The average molecular weight is 491 g/mol. The van der Waals surface area contributed by atoms with Crippen LogP contribution in [0, 0.1) is 48.9 Å². The van der Waals surface area contributed by atoms with Gasteiger partial charge in [-0.25, -0.2) is 18.0 Å². The van der Waals surface area contributed by atoms with E-state index in [1.165, 1.54) is 23.1 Å². The molecule has 0 bridgehead atoms. The van der Waals surface area contributed by atoms with Gasteiger partial charge in [-0.3, -0.25) is 0 Å².